The average Bonchev–Trinajstić information content (AvgIpc) is 3.76. The molecule has 3 aliphatic heterocycles. The predicted octanol–water partition coefficient (Wildman–Crippen LogP) is 3.17. The van der Waals surface area contributed by atoms with Crippen molar-refractivity contribution in [3.8, 4) is 0 Å². The molecule has 22 heteroatoms. The summed E-state index contributed by atoms with van der Waals surface area (Å²) in [6, 6.07) is 1.66. The molecular formula is C26H34N8O10P2S2. The van der Waals surface area contributed by atoms with Crippen LogP contribution in [-0.4, -0.2) is 98.9 Å². The molecule has 0 aliphatic carbocycles. The Balaban J connectivity index is 1.25. The van der Waals surface area contributed by atoms with Gasteiger partial charge in [0, 0.05) is 10.9 Å². The van der Waals surface area contributed by atoms with E-state index < -0.39 is 80.6 Å². The second-order valence-corrected chi connectivity index (χ2v) is 20.0. The molecule has 4 aromatic rings. The minimum atomic E-state index is -4.29. The van der Waals surface area contributed by atoms with Gasteiger partial charge in [-0.15, -0.1) is 0 Å². The molecule has 260 valence electrons. The van der Waals surface area contributed by atoms with Crippen molar-refractivity contribution in [2.45, 2.75) is 81.5 Å². The quantitative estimate of drug-likeness (QED) is 0.174. The molecule has 7 rings (SSSR count). The van der Waals surface area contributed by atoms with Crippen molar-refractivity contribution in [2.75, 3.05) is 18.9 Å². The standard InChI is InChI=1S/C26H34N8O10P2S2/c1-12-16-23(31-9-28-12)34(11-32-16)24-18(36)19-15(42-24)8-39-45(37,47)43-20-17(35)14(7-40-46(38,44-19)48-26(2,3)4)41-25(20)33-6-5-13-21(27)29-10-30-22(13)33/h5-6,9-11,14-15,17-20,24-25,35-36H,7-8H2,1-4H3,(H,37,47)(H2,27,29,30)/t14-,15-,17-,18-,19-,20-,24-,25-,45-,46+/m1/s1. The molecule has 3 saturated heterocycles. The normalized spacial score (nSPS) is 36.5. The summed E-state index contributed by atoms with van der Waals surface area (Å²) in [5, 5.41) is 23.5. The maximum absolute atomic E-state index is 14.5. The molecule has 0 aromatic carbocycles. The van der Waals surface area contributed by atoms with Crippen LogP contribution in [0.1, 0.15) is 38.9 Å². The zero-order valence-electron chi connectivity index (χ0n) is 26.0. The second kappa shape index (κ2) is 12.5. The minimum Gasteiger partial charge on any atom is -0.387 e. The Morgan fingerprint density at radius 1 is 0.917 bits per heavy atom. The lowest BCUT2D eigenvalue weighted by molar-refractivity contribution is -0.0574. The number of ether oxygens (including phenoxy) is 2. The Morgan fingerprint density at radius 2 is 1.62 bits per heavy atom. The molecule has 7 heterocycles. The number of aliphatic hydroxyl groups excluding tert-OH is 2. The molecule has 18 nitrogen and oxygen atoms in total. The van der Waals surface area contributed by atoms with Crippen LogP contribution < -0.4 is 5.73 Å². The number of fused-ring (bicyclic) bond motifs is 5. The third-order valence-corrected chi connectivity index (χ3v) is 14.2. The minimum absolute atomic E-state index is 0.218. The fourth-order valence-electron chi connectivity index (χ4n) is 5.84. The highest BCUT2D eigenvalue weighted by Crippen LogP contribution is 2.67. The number of aromatic nitrogens is 7. The topological polar surface area (TPSA) is 230 Å². The van der Waals surface area contributed by atoms with Gasteiger partial charge in [0.2, 0.25) is 0 Å². The van der Waals surface area contributed by atoms with Gasteiger partial charge >= 0.3 is 13.6 Å². The Labute approximate surface area is 283 Å². The molecule has 0 amide bonds. The highest BCUT2D eigenvalue weighted by atomic mass is 32.7. The molecule has 0 spiro atoms. The zero-order valence-corrected chi connectivity index (χ0v) is 29.5. The summed E-state index contributed by atoms with van der Waals surface area (Å²) in [5.74, 6) is 0.218. The summed E-state index contributed by atoms with van der Waals surface area (Å²) in [7, 11) is 0. The van der Waals surface area contributed by atoms with E-state index in [1.165, 1.54) is 23.5 Å². The molecule has 0 unspecified atom stereocenters. The van der Waals surface area contributed by atoms with Gasteiger partial charge in [0.15, 0.2) is 18.1 Å². The van der Waals surface area contributed by atoms with Crippen LogP contribution in [0.2, 0.25) is 0 Å². The highest BCUT2D eigenvalue weighted by Gasteiger charge is 2.54. The number of rotatable bonds is 3. The summed E-state index contributed by atoms with van der Waals surface area (Å²) in [5.41, 5.74) is 7.87. The van der Waals surface area contributed by atoms with Gasteiger partial charge < -0.3 is 30.0 Å². The van der Waals surface area contributed by atoms with Gasteiger partial charge in [-0.2, -0.15) is 0 Å². The highest BCUT2D eigenvalue weighted by molar-refractivity contribution is 8.55. The summed E-state index contributed by atoms with van der Waals surface area (Å²) >= 11 is 5.11. The van der Waals surface area contributed by atoms with Crippen LogP contribution in [0, 0.1) is 6.92 Å². The van der Waals surface area contributed by atoms with E-state index in [0.29, 0.717) is 27.9 Å². The van der Waals surface area contributed by atoms with E-state index in [0.717, 1.165) is 11.4 Å². The molecular weight excluding hydrogens is 710 g/mol. The van der Waals surface area contributed by atoms with Crippen molar-refractivity contribution in [1.29, 1.82) is 0 Å². The molecule has 0 radical (unpaired) electrons. The molecule has 4 aromatic heterocycles. The lowest BCUT2D eigenvalue weighted by atomic mass is 10.1. The monoisotopic (exact) mass is 744 g/mol. The maximum atomic E-state index is 14.5. The molecule has 2 bridgehead atoms. The number of hydrogen-bond acceptors (Lipinski definition) is 17. The fourth-order valence-corrected chi connectivity index (χ4v) is 11.8. The van der Waals surface area contributed by atoms with Crippen molar-refractivity contribution >= 4 is 65.2 Å². The van der Waals surface area contributed by atoms with E-state index in [9.17, 15) is 19.3 Å². The third kappa shape index (κ3) is 6.42. The molecule has 3 aliphatic rings. The zero-order chi connectivity index (χ0) is 34.2. The van der Waals surface area contributed by atoms with Gasteiger partial charge in [-0.1, -0.05) is 33.0 Å². The Bertz CT molecular complexity index is 1940. The SMILES string of the molecule is Cc1ncnc2c1ncn2[C@@H]1O[C@@H]2CO[P@@](=O)(S)O[C@@H]3[C@H](O)[C@@H](CO[P@](=O)(SC(C)(C)C)O[C@H]2[C@H]1O)O[C@H]3n1ccc2c(N)ncnc21. The van der Waals surface area contributed by atoms with Crippen molar-refractivity contribution in [2.24, 2.45) is 0 Å². The van der Waals surface area contributed by atoms with E-state index in [2.05, 4.69) is 37.2 Å². The van der Waals surface area contributed by atoms with Gasteiger partial charge in [-0.25, -0.2) is 34.0 Å². The Kier molecular flexibility index (Phi) is 8.95. The number of aliphatic hydroxyl groups is 2. The average molecular weight is 745 g/mol. The van der Waals surface area contributed by atoms with Crippen LogP contribution in [-0.2, 0) is 36.7 Å². The number of thiol groups is 1. The smallest absolute Gasteiger partial charge is 0.387 e. The summed E-state index contributed by atoms with van der Waals surface area (Å²) in [6.07, 6.45) is -4.46. The van der Waals surface area contributed by atoms with Crippen LogP contribution in [0.5, 0.6) is 0 Å². The Morgan fingerprint density at radius 3 is 2.40 bits per heavy atom. The lowest BCUT2D eigenvalue weighted by Gasteiger charge is -2.30. The first kappa shape index (κ1) is 34.3. The molecule has 48 heavy (non-hydrogen) atoms. The molecule has 0 saturated carbocycles. The summed E-state index contributed by atoms with van der Waals surface area (Å²) < 4.78 is 66.7. The number of anilines is 1. The van der Waals surface area contributed by atoms with E-state index in [4.69, 9.17) is 33.3 Å². The van der Waals surface area contributed by atoms with Crippen molar-refractivity contribution in [1.82, 2.24) is 34.1 Å². The van der Waals surface area contributed by atoms with Gasteiger partial charge in [0.05, 0.1) is 30.6 Å². The lowest BCUT2D eigenvalue weighted by Crippen LogP contribution is -2.36. The van der Waals surface area contributed by atoms with E-state index in [1.807, 2.05) is 20.8 Å². The third-order valence-electron chi connectivity index (χ3n) is 7.94. The Hall–Kier alpha value is -2.19. The van der Waals surface area contributed by atoms with Crippen molar-refractivity contribution in [3.05, 3.63) is 36.9 Å². The van der Waals surface area contributed by atoms with Crippen LogP contribution in [0.25, 0.3) is 22.2 Å². The van der Waals surface area contributed by atoms with Gasteiger partial charge in [0.25, 0.3) is 0 Å². The van der Waals surface area contributed by atoms with Crippen LogP contribution in [0.3, 0.4) is 0 Å². The first-order chi connectivity index (χ1) is 22.6. The number of nitrogens with zero attached hydrogens (tertiary/aromatic N) is 7. The first-order valence-corrected chi connectivity index (χ1v) is 20.5. The maximum Gasteiger partial charge on any atom is 0.390 e. The van der Waals surface area contributed by atoms with Crippen molar-refractivity contribution < 1.29 is 46.9 Å². The summed E-state index contributed by atoms with van der Waals surface area (Å²) in [4.78, 5) is 21.1. The number of nitrogen functional groups attached to an aromatic ring is 1. The van der Waals surface area contributed by atoms with Crippen LogP contribution >= 0.6 is 37.2 Å². The predicted molar refractivity (Wildman–Crippen MR) is 175 cm³/mol. The van der Waals surface area contributed by atoms with E-state index in [1.54, 1.807) is 23.8 Å². The summed E-state index contributed by atoms with van der Waals surface area (Å²) in [6.45, 7) is -2.18. The largest absolute Gasteiger partial charge is 0.390 e. The molecule has 3 fully saturated rings. The van der Waals surface area contributed by atoms with Crippen molar-refractivity contribution in [3.63, 3.8) is 0 Å². The molecule has 4 N–H and O–H groups in total. The fraction of sp³-hybridized carbons (Fsp3) is 0.577. The van der Waals surface area contributed by atoms with Crippen LogP contribution in [0.4, 0.5) is 5.82 Å². The number of imidazole rings is 1. The van der Waals surface area contributed by atoms with Crippen LogP contribution in [0.15, 0.2) is 31.2 Å². The van der Waals surface area contributed by atoms with E-state index >= 15 is 0 Å². The van der Waals surface area contributed by atoms with Gasteiger partial charge in [-0.3, -0.25) is 22.7 Å². The number of hydrogen-bond donors (Lipinski definition) is 4. The first-order valence-electron chi connectivity index (χ1n) is 14.8. The van der Waals surface area contributed by atoms with Gasteiger partial charge in [0.1, 0.15) is 66.3 Å². The second-order valence-electron chi connectivity index (χ2n) is 12.5. The number of nitrogens with two attached hydrogens (primary N) is 1. The van der Waals surface area contributed by atoms with E-state index in [-0.39, 0.29) is 5.82 Å². The van der Waals surface area contributed by atoms with Gasteiger partial charge in [-0.05, 0) is 24.4 Å². The molecule has 10 atom stereocenters. The number of aryl methyl sites for hydroxylation is 1.